The molecule has 0 aromatic heterocycles. The SMILES string of the molecule is CN1CCCC(Nc2c(F)cc(F)cc2Cl)CC1. The molecule has 0 saturated carbocycles. The van der Waals surface area contributed by atoms with Crippen LogP contribution >= 0.6 is 11.6 Å². The normalized spacial score (nSPS) is 21.7. The molecular formula is C13H17ClF2N2. The second kappa shape index (κ2) is 5.85. The summed E-state index contributed by atoms with van der Waals surface area (Å²) in [5.41, 5.74) is 0.215. The number of nitrogens with one attached hydrogen (secondary N) is 1. The number of likely N-dealkylation sites (tertiary alicyclic amines) is 1. The van der Waals surface area contributed by atoms with Gasteiger partial charge in [-0.1, -0.05) is 11.6 Å². The van der Waals surface area contributed by atoms with Gasteiger partial charge in [0.15, 0.2) is 5.82 Å². The van der Waals surface area contributed by atoms with Crippen LogP contribution in [0.1, 0.15) is 19.3 Å². The van der Waals surface area contributed by atoms with Crippen LogP contribution in [0.15, 0.2) is 12.1 Å². The van der Waals surface area contributed by atoms with E-state index in [1.54, 1.807) is 0 Å². The second-order valence-corrected chi connectivity index (χ2v) is 5.23. The van der Waals surface area contributed by atoms with E-state index < -0.39 is 11.6 Å². The summed E-state index contributed by atoms with van der Waals surface area (Å²) in [6, 6.07) is 2.18. The lowest BCUT2D eigenvalue weighted by Gasteiger charge is -2.19. The van der Waals surface area contributed by atoms with E-state index in [0.29, 0.717) is 0 Å². The Balaban J connectivity index is 2.09. The number of halogens is 3. The fraction of sp³-hybridized carbons (Fsp3) is 0.538. The molecule has 0 radical (unpaired) electrons. The first-order valence-corrected chi connectivity index (χ1v) is 6.53. The van der Waals surface area contributed by atoms with Gasteiger partial charge in [-0.15, -0.1) is 0 Å². The Morgan fingerprint density at radius 3 is 2.78 bits per heavy atom. The number of hydrogen-bond donors (Lipinski definition) is 1. The molecular weight excluding hydrogens is 258 g/mol. The van der Waals surface area contributed by atoms with Crippen molar-refractivity contribution >= 4 is 17.3 Å². The maximum absolute atomic E-state index is 13.6. The molecule has 1 aromatic carbocycles. The van der Waals surface area contributed by atoms with E-state index in [1.807, 2.05) is 0 Å². The van der Waals surface area contributed by atoms with E-state index in [2.05, 4.69) is 17.3 Å². The van der Waals surface area contributed by atoms with Crippen molar-refractivity contribution in [1.82, 2.24) is 4.90 Å². The molecule has 1 heterocycles. The van der Waals surface area contributed by atoms with E-state index in [9.17, 15) is 8.78 Å². The van der Waals surface area contributed by atoms with Gasteiger partial charge in [-0.05, 0) is 45.5 Å². The molecule has 2 rings (SSSR count). The molecule has 1 unspecified atom stereocenters. The summed E-state index contributed by atoms with van der Waals surface area (Å²) < 4.78 is 26.6. The van der Waals surface area contributed by atoms with Gasteiger partial charge >= 0.3 is 0 Å². The molecule has 0 aliphatic carbocycles. The predicted octanol–water partition coefficient (Wildman–Crippen LogP) is 3.51. The minimum absolute atomic E-state index is 0.102. The average Bonchev–Trinajstić information content (AvgIpc) is 2.48. The van der Waals surface area contributed by atoms with Gasteiger partial charge in [-0.25, -0.2) is 8.78 Å². The average molecular weight is 275 g/mol. The lowest BCUT2D eigenvalue weighted by atomic mass is 10.1. The van der Waals surface area contributed by atoms with Gasteiger partial charge in [-0.3, -0.25) is 0 Å². The summed E-state index contributed by atoms with van der Waals surface area (Å²) in [7, 11) is 2.08. The van der Waals surface area contributed by atoms with Gasteiger partial charge < -0.3 is 10.2 Å². The Morgan fingerprint density at radius 2 is 2.06 bits per heavy atom. The number of rotatable bonds is 2. The van der Waals surface area contributed by atoms with Crippen molar-refractivity contribution in [2.75, 3.05) is 25.5 Å². The Hall–Kier alpha value is -0.870. The molecule has 0 bridgehead atoms. The fourth-order valence-corrected chi connectivity index (χ4v) is 2.52. The van der Waals surface area contributed by atoms with Crippen LogP contribution in [0, 0.1) is 11.6 Å². The zero-order valence-electron chi connectivity index (χ0n) is 10.3. The molecule has 1 aliphatic rings. The summed E-state index contributed by atoms with van der Waals surface area (Å²) in [6.45, 7) is 2.02. The van der Waals surface area contributed by atoms with Crippen molar-refractivity contribution in [3.63, 3.8) is 0 Å². The topological polar surface area (TPSA) is 15.3 Å². The highest BCUT2D eigenvalue weighted by Crippen LogP contribution is 2.28. The monoisotopic (exact) mass is 274 g/mol. The van der Waals surface area contributed by atoms with Crippen LogP contribution in [0.25, 0.3) is 0 Å². The number of hydrogen-bond acceptors (Lipinski definition) is 2. The van der Waals surface area contributed by atoms with Crippen LogP contribution in [-0.2, 0) is 0 Å². The molecule has 5 heteroatoms. The van der Waals surface area contributed by atoms with E-state index in [0.717, 1.165) is 44.5 Å². The Labute approximate surface area is 111 Å². The minimum Gasteiger partial charge on any atom is -0.379 e. The predicted molar refractivity (Wildman–Crippen MR) is 70.1 cm³/mol. The summed E-state index contributed by atoms with van der Waals surface area (Å²) in [4.78, 5) is 2.25. The van der Waals surface area contributed by atoms with E-state index in [4.69, 9.17) is 11.6 Å². The first-order valence-electron chi connectivity index (χ1n) is 6.16. The van der Waals surface area contributed by atoms with Crippen LogP contribution in [0.3, 0.4) is 0 Å². The van der Waals surface area contributed by atoms with Gasteiger partial charge in [0.2, 0.25) is 0 Å². The minimum atomic E-state index is -0.649. The number of benzene rings is 1. The molecule has 0 spiro atoms. The molecule has 2 nitrogen and oxygen atoms in total. The molecule has 1 saturated heterocycles. The lowest BCUT2D eigenvalue weighted by Crippen LogP contribution is -2.23. The first kappa shape index (κ1) is 13.6. The van der Waals surface area contributed by atoms with Crippen molar-refractivity contribution in [2.24, 2.45) is 0 Å². The zero-order valence-corrected chi connectivity index (χ0v) is 11.1. The van der Waals surface area contributed by atoms with Crippen molar-refractivity contribution in [3.05, 3.63) is 28.8 Å². The number of nitrogens with zero attached hydrogens (tertiary/aromatic N) is 1. The second-order valence-electron chi connectivity index (χ2n) is 4.82. The van der Waals surface area contributed by atoms with Crippen molar-refractivity contribution in [3.8, 4) is 0 Å². The Morgan fingerprint density at radius 1 is 1.28 bits per heavy atom. The van der Waals surface area contributed by atoms with Crippen LogP contribution in [-0.4, -0.2) is 31.1 Å². The van der Waals surface area contributed by atoms with E-state index in [1.165, 1.54) is 0 Å². The third-order valence-corrected chi connectivity index (χ3v) is 3.61. The van der Waals surface area contributed by atoms with Gasteiger partial charge in [0, 0.05) is 12.1 Å². The Bertz CT molecular complexity index is 402. The summed E-state index contributed by atoms with van der Waals surface area (Å²) in [5.74, 6) is -1.28. The van der Waals surface area contributed by atoms with E-state index >= 15 is 0 Å². The van der Waals surface area contributed by atoms with Gasteiger partial charge in [0.1, 0.15) is 5.82 Å². The lowest BCUT2D eigenvalue weighted by molar-refractivity contribution is 0.348. The standard InChI is InChI=1S/C13H17ClF2N2/c1-18-5-2-3-10(4-6-18)17-13-11(14)7-9(15)8-12(13)16/h7-8,10,17H,2-6H2,1H3. The largest absolute Gasteiger partial charge is 0.379 e. The maximum Gasteiger partial charge on any atom is 0.150 e. The highest BCUT2D eigenvalue weighted by Gasteiger charge is 2.18. The van der Waals surface area contributed by atoms with Gasteiger partial charge in [-0.2, -0.15) is 0 Å². The smallest absolute Gasteiger partial charge is 0.150 e. The number of anilines is 1. The van der Waals surface area contributed by atoms with Crippen molar-refractivity contribution in [2.45, 2.75) is 25.3 Å². The quantitative estimate of drug-likeness (QED) is 0.888. The summed E-state index contributed by atoms with van der Waals surface area (Å²) in [6.07, 6.45) is 2.97. The molecule has 0 amide bonds. The fourth-order valence-electron chi connectivity index (χ4n) is 2.27. The summed E-state index contributed by atoms with van der Waals surface area (Å²) in [5, 5.41) is 3.21. The van der Waals surface area contributed by atoms with Crippen LogP contribution in [0.2, 0.25) is 5.02 Å². The van der Waals surface area contributed by atoms with Crippen molar-refractivity contribution in [1.29, 1.82) is 0 Å². The van der Waals surface area contributed by atoms with Crippen molar-refractivity contribution < 1.29 is 8.78 Å². The van der Waals surface area contributed by atoms with Gasteiger partial charge in [0.25, 0.3) is 0 Å². The van der Waals surface area contributed by atoms with Crippen LogP contribution in [0.4, 0.5) is 14.5 Å². The van der Waals surface area contributed by atoms with Crippen LogP contribution < -0.4 is 5.32 Å². The zero-order chi connectivity index (χ0) is 13.1. The molecule has 1 aliphatic heterocycles. The molecule has 1 fully saturated rings. The molecule has 1 atom stereocenters. The highest BCUT2D eigenvalue weighted by atomic mass is 35.5. The summed E-state index contributed by atoms with van der Waals surface area (Å²) >= 11 is 5.87. The van der Waals surface area contributed by atoms with E-state index in [-0.39, 0.29) is 16.8 Å². The Kier molecular flexibility index (Phi) is 4.40. The molecule has 1 N–H and O–H groups in total. The third kappa shape index (κ3) is 3.33. The molecule has 100 valence electrons. The van der Waals surface area contributed by atoms with Crippen LogP contribution in [0.5, 0.6) is 0 Å². The third-order valence-electron chi connectivity index (χ3n) is 3.31. The highest BCUT2D eigenvalue weighted by molar-refractivity contribution is 6.33. The molecule has 1 aromatic rings. The van der Waals surface area contributed by atoms with Gasteiger partial charge in [0.05, 0.1) is 10.7 Å². The molecule has 18 heavy (non-hydrogen) atoms. The first-order chi connectivity index (χ1) is 8.56. The maximum atomic E-state index is 13.6.